The molecule has 1 aromatic rings. The average Bonchev–Trinajstić information content (AvgIpc) is 2.61. The predicted octanol–water partition coefficient (Wildman–Crippen LogP) is 2.06. The van der Waals surface area contributed by atoms with Crippen LogP contribution in [0.1, 0.15) is 33.1 Å². The number of hydrogen-bond acceptors (Lipinski definition) is 3. The molecule has 6 nitrogen and oxygen atoms in total. The minimum absolute atomic E-state index is 0.0191. The van der Waals surface area contributed by atoms with E-state index >= 15 is 0 Å². The Labute approximate surface area is 149 Å². The smallest absolute Gasteiger partial charge is 0.221 e. The fourth-order valence-corrected chi connectivity index (χ4v) is 2.08. The van der Waals surface area contributed by atoms with Crippen molar-refractivity contribution in [3.8, 4) is 5.75 Å². The third-order valence-corrected chi connectivity index (χ3v) is 3.49. The molecule has 0 heterocycles. The standard InChI is InChI=1S/C18H29FN4O2/c1-4-10-21-17(24)9-11-22-18(20-3)23-13-15(5-2)25-16-8-6-7-14(19)12-16/h6-8,12,15H,4-5,9-11,13H2,1-3H3,(H,21,24)(H2,20,22,23). The van der Waals surface area contributed by atoms with E-state index in [2.05, 4.69) is 20.9 Å². The van der Waals surface area contributed by atoms with Crippen molar-refractivity contribution < 1.29 is 13.9 Å². The number of amides is 1. The first kappa shape index (κ1) is 20.7. The number of rotatable bonds is 10. The lowest BCUT2D eigenvalue weighted by Crippen LogP contribution is -2.43. The van der Waals surface area contributed by atoms with Crippen molar-refractivity contribution in [2.24, 2.45) is 4.99 Å². The molecule has 140 valence electrons. The van der Waals surface area contributed by atoms with E-state index in [1.165, 1.54) is 12.1 Å². The molecule has 0 saturated carbocycles. The minimum Gasteiger partial charge on any atom is -0.489 e. The van der Waals surface area contributed by atoms with Crippen LogP contribution >= 0.6 is 0 Å². The maximum Gasteiger partial charge on any atom is 0.221 e. The number of nitrogens with one attached hydrogen (secondary N) is 3. The summed E-state index contributed by atoms with van der Waals surface area (Å²) in [6.07, 6.45) is 1.96. The topological polar surface area (TPSA) is 74.8 Å². The van der Waals surface area contributed by atoms with E-state index in [1.54, 1.807) is 19.2 Å². The molecule has 0 spiro atoms. The lowest BCUT2D eigenvalue weighted by molar-refractivity contribution is -0.120. The van der Waals surface area contributed by atoms with E-state index in [0.717, 1.165) is 12.8 Å². The summed E-state index contributed by atoms with van der Waals surface area (Å²) in [5.74, 6) is 0.804. The molecule has 3 N–H and O–H groups in total. The molecule has 7 heteroatoms. The van der Waals surface area contributed by atoms with Gasteiger partial charge >= 0.3 is 0 Å². The minimum atomic E-state index is -0.320. The number of nitrogens with zero attached hydrogens (tertiary/aromatic N) is 1. The van der Waals surface area contributed by atoms with Crippen LogP contribution in [0.25, 0.3) is 0 Å². The van der Waals surface area contributed by atoms with E-state index in [0.29, 0.717) is 37.8 Å². The van der Waals surface area contributed by atoms with Crippen molar-refractivity contribution in [1.82, 2.24) is 16.0 Å². The van der Waals surface area contributed by atoms with Crippen molar-refractivity contribution in [1.29, 1.82) is 0 Å². The number of guanidine groups is 1. The first-order valence-corrected chi connectivity index (χ1v) is 8.72. The second-order valence-corrected chi connectivity index (χ2v) is 5.59. The van der Waals surface area contributed by atoms with Gasteiger partial charge in [0.25, 0.3) is 0 Å². The normalized spacial score (nSPS) is 12.4. The zero-order chi connectivity index (χ0) is 18.5. The maximum atomic E-state index is 13.2. The molecule has 1 amide bonds. The molecule has 0 aromatic heterocycles. The maximum absolute atomic E-state index is 13.2. The van der Waals surface area contributed by atoms with Crippen molar-refractivity contribution in [3.63, 3.8) is 0 Å². The SMILES string of the molecule is CCCNC(=O)CCNC(=NC)NCC(CC)Oc1cccc(F)c1. The highest BCUT2D eigenvalue weighted by Gasteiger charge is 2.10. The Kier molecular flexibility index (Phi) is 10.0. The molecular formula is C18H29FN4O2. The van der Waals surface area contributed by atoms with Crippen LogP contribution in [0.15, 0.2) is 29.3 Å². The van der Waals surface area contributed by atoms with E-state index in [1.807, 2.05) is 13.8 Å². The Morgan fingerprint density at radius 1 is 1.24 bits per heavy atom. The van der Waals surface area contributed by atoms with Gasteiger partial charge in [0.2, 0.25) is 5.91 Å². The highest BCUT2D eigenvalue weighted by atomic mass is 19.1. The molecule has 1 unspecified atom stereocenters. The highest BCUT2D eigenvalue weighted by Crippen LogP contribution is 2.14. The molecule has 0 bridgehead atoms. The Morgan fingerprint density at radius 2 is 2.04 bits per heavy atom. The summed E-state index contributed by atoms with van der Waals surface area (Å²) in [5.41, 5.74) is 0. The van der Waals surface area contributed by atoms with Gasteiger partial charge in [-0.1, -0.05) is 19.9 Å². The lowest BCUT2D eigenvalue weighted by atomic mass is 10.2. The predicted molar refractivity (Wildman–Crippen MR) is 98.4 cm³/mol. The van der Waals surface area contributed by atoms with Crippen LogP contribution in [0.5, 0.6) is 5.75 Å². The first-order valence-electron chi connectivity index (χ1n) is 8.72. The molecular weight excluding hydrogens is 323 g/mol. The number of carbonyl (C=O) groups is 1. The number of hydrogen-bond donors (Lipinski definition) is 3. The zero-order valence-electron chi connectivity index (χ0n) is 15.3. The van der Waals surface area contributed by atoms with Crippen LogP contribution < -0.4 is 20.7 Å². The van der Waals surface area contributed by atoms with Gasteiger partial charge in [0, 0.05) is 32.6 Å². The van der Waals surface area contributed by atoms with Gasteiger partial charge in [0.05, 0.1) is 6.54 Å². The number of halogens is 1. The summed E-state index contributed by atoms with van der Waals surface area (Å²) in [4.78, 5) is 15.7. The molecule has 0 aliphatic heterocycles. The van der Waals surface area contributed by atoms with Crippen molar-refractivity contribution >= 4 is 11.9 Å². The molecule has 1 aromatic carbocycles. The van der Waals surface area contributed by atoms with E-state index in [-0.39, 0.29) is 17.8 Å². The zero-order valence-corrected chi connectivity index (χ0v) is 15.3. The van der Waals surface area contributed by atoms with Crippen molar-refractivity contribution in [2.75, 3.05) is 26.7 Å². The van der Waals surface area contributed by atoms with Gasteiger partial charge in [0.1, 0.15) is 17.7 Å². The third kappa shape index (κ3) is 8.93. The Balaban J connectivity index is 2.35. The van der Waals surface area contributed by atoms with Gasteiger partial charge in [-0.05, 0) is 25.0 Å². The summed E-state index contributed by atoms with van der Waals surface area (Å²) in [6, 6.07) is 6.10. The molecule has 0 fully saturated rings. The third-order valence-electron chi connectivity index (χ3n) is 3.49. The average molecular weight is 352 g/mol. The number of ether oxygens (including phenoxy) is 1. The Bertz CT molecular complexity index is 552. The van der Waals surface area contributed by atoms with Gasteiger partial charge in [-0.2, -0.15) is 0 Å². The van der Waals surface area contributed by atoms with Crippen molar-refractivity contribution in [2.45, 2.75) is 39.2 Å². The van der Waals surface area contributed by atoms with Crippen LogP contribution in [0.3, 0.4) is 0 Å². The number of aliphatic imine (C=N–C) groups is 1. The van der Waals surface area contributed by atoms with Crippen LogP contribution in [0, 0.1) is 5.82 Å². The van der Waals surface area contributed by atoms with Gasteiger partial charge in [-0.15, -0.1) is 0 Å². The summed E-state index contributed by atoms with van der Waals surface area (Å²) < 4.78 is 19.0. The Morgan fingerprint density at radius 3 is 2.68 bits per heavy atom. The molecule has 25 heavy (non-hydrogen) atoms. The summed E-state index contributed by atoms with van der Waals surface area (Å²) >= 11 is 0. The monoisotopic (exact) mass is 352 g/mol. The summed E-state index contributed by atoms with van der Waals surface area (Å²) in [6.45, 7) is 5.73. The van der Waals surface area contributed by atoms with Crippen LogP contribution in [-0.2, 0) is 4.79 Å². The second-order valence-electron chi connectivity index (χ2n) is 5.59. The molecule has 0 aliphatic rings. The summed E-state index contributed by atoms with van der Waals surface area (Å²) in [7, 11) is 1.67. The Hall–Kier alpha value is -2.31. The number of benzene rings is 1. The van der Waals surface area contributed by atoms with Gasteiger partial charge in [-0.25, -0.2) is 4.39 Å². The van der Waals surface area contributed by atoms with Crippen LogP contribution in [-0.4, -0.2) is 44.7 Å². The second kappa shape index (κ2) is 12.1. The summed E-state index contributed by atoms with van der Waals surface area (Å²) in [5, 5.41) is 9.08. The first-order chi connectivity index (χ1) is 12.1. The largest absolute Gasteiger partial charge is 0.489 e. The van der Waals surface area contributed by atoms with Gasteiger partial charge in [0.15, 0.2) is 5.96 Å². The fourth-order valence-electron chi connectivity index (χ4n) is 2.08. The molecule has 1 atom stereocenters. The molecule has 0 saturated heterocycles. The van der Waals surface area contributed by atoms with Crippen molar-refractivity contribution in [3.05, 3.63) is 30.1 Å². The van der Waals surface area contributed by atoms with E-state index in [4.69, 9.17) is 4.74 Å². The van der Waals surface area contributed by atoms with E-state index in [9.17, 15) is 9.18 Å². The van der Waals surface area contributed by atoms with Crippen LogP contribution in [0.2, 0.25) is 0 Å². The number of carbonyl (C=O) groups excluding carboxylic acids is 1. The van der Waals surface area contributed by atoms with E-state index < -0.39 is 0 Å². The molecule has 0 aliphatic carbocycles. The highest BCUT2D eigenvalue weighted by molar-refractivity contribution is 5.81. The fraction of sp³-hybridized carbons (Fsp3) is 0.556. The molecule has 1 rings (SSSR count). The molecule has 0 radical (unpaired) electrons. The quantitative estimate of drug-likeness (QED) is 0.445. The van der Waals surface area contributed by atoms with Gasteiger partial charge < -0.3 is 20.7 Å². The lowest BCUT2D eigenvalue weighted by Gasteiger charge is -2.20. The van der Waals surface area contributed by atoms with Gasteiger partial charge in [-0.3, -0.25) is 9.79 Å². The van der Waals surface area contributed by atoms with Crippen LogP contribution in [0.4, 0.5) is 4.39 Å².